The summed E-state index contributed by atoms with van der Waals surface area (Å²) in [5, 5.41) is 3.86. The predicted octanol–water partition coefficient (Wildman–Crippen LogP) is 4.88. The molecule has 0 fully saturated rings. The number of carbonyl (C=O) groups excluding carboxylic acids is 2. The Labute approximate surface area is 158 Å². The first-order chi connectivity index (χ1) is 12.6. The second-order valence-corrected chi connectivity index (χ2v) is 7.76. The summed E-state index contributed by atoms with van der Waals surface area (Å²) in [6, 6.07) is 10.9. The van der Waals surface area contributed by atoms with Crippen LogP contribution in [0.2, 0.25) is 0 Å². The lowest BCUT2D eigenvalue weighted by Gasteiger charge is -2.09. The lowest BCUT2D eigenvalue weighted by molar-refractivity contribution is -0.133. The number of thiophene rings is 2. The first kappa shape index (κ1) is 16.8. The van der Waals surface area contributed by atoms with E-state index in [9.17, 15) is 9.59 Å². The van der Waals surface area contributed by atoms with E-state index >= 15 is 0 Å². The van der Waals surface area contributed by atoms with Crippen LogP contribution >= 0.6 is 22.7 Å². The molecule has 1 aliphatic heterocycles. The van der Waals surface area contributed by atoms with Gasteiger partial charge >= 0.3 is 5.97 Å². The van der Waals surface area contributed by atoms with E-state index in [0.717, 1.165) is 9.75 Å². The third-order valence-corrected chi connectivity index (χ3v) is 5.67. The Hall–Kier alpha value is -2.70. The molecule has 4 rings (SSSR count). The molecule has 3 aromatic rings. The molecule has 6 heteroatoms. The Morgan fingerprint density at radius 2 is 1.96 bits per heavy atom. The highest BCUT2D eigenvalue weighted by Gasteiger charge is 2.30. The lowest BCUT2D eigenvalue weighted by Crippen LogP contribution is -2.11. The van der Waals surface area contributed by atoms with E-state index in [2.05, 4.69) is 0 Å². The predicted molar refractivity (Wildman–Crippen MR) is 102 cm³/mol. The first-order valence-corrected chi connectivity index (χ1v) is 9.72. The van der Waals surface area contributed by atoms with E-state index in [-0.39, 0.29) is 23.9 Å². The molecule has 1 aromatic carbocycles. The molecule has 2 aromatic heterocycles. The van der Waals surface area contributed by atoms with Crippen LogP contribution in [-0.2, 0) is 11.2 Å². The SMILES string of the molecule is Cc1c(OC(=O)Cc2cccs2)ccc2c1O/C(=C\c1cccs1)C2=O. The average Bonchev–Trinajstić information content (AvgIpc) is 3.35. The highest BCUT2D eigenvalue weighted by molar-refractivity contribution is 7.10. The van der Waals surface area contributed by atoms with Gasteiger partial charge < -0.3 is 9.47 Å². The van der Waals surface area contributed by atoms with Crippen molar-refractivity contribution >= 4 is 40.5 Å². The molecule has 3 heterocycles. The topological polar surface area (TPSA) is 52.6 Å². The van der Waals surface area contributed by atoms with E-state index in [4.69, 9.17) is 9.47 Å². The number of hydrogen-bond acceptors (Lipinski definition) is 6. The van der Waals surface area contributed by atoms with Crippen LogP contribution in [0.15, 0.2) is 52.9 Å². The van der Waals surface area contributed by atoms with Crippen molar-refractivity contribution in [2.75, 3.05) is 0 Å². The van der Waals surface area contributed by atoms with Crippen molar-refractivity contribution in [3.63, 3.8) is 0 Å². The minimum atomic E-state index is -0.339. The number of hydrogen-bond donors (Lipinski definition) is 0. The summed E-state index contributed by atoms with van der Waals surface area (Å²) in [6.45, 7) is 1.79. The molecule has 0 N–H and O–H groups in total. The standard InChI is InChI=1S/C20H14O4S2/c1-12-16(23-18(21)11-14-5-3-9-26-14)7-6-15-19(22)17(24-20(12)15)10-13-4-2-8-25-13/h2-10H,11H2,1H3/b17-10-. The van der Waals surface area contributed by atoms with Crippen LogP contribution in [0.5, 0.6) is 11.5 Å². The van der Waals surface area contributed by atoms with Crippen LogP contribution in [-0.4, -0.2) is 11.8 Å². The molecule has 0 saturated carbocycles. The van der Waals surface area contributed by atoms with Gasteiger partial charge in [0.15, 0.2) is 5.76 Å². The number of benzene rings is 1. The zero-order valence-corrected chi connectivity index (χ0v) is 15.5. The summed E-state index contributed by atoms with van der Waals surface area (Å²) >= 11 is 3.04. The summed E-state index contributed by atoms with van der Waals surface area (Å²) < 4.78 is 11.3. The fourth-order valence-corrected chi connectivity index (χ4v) is 4.03. The highest BCUT2D eigenvalue weighted by Crippen LogP contribution is 2.39. The smallest absolute Gasteiger partial charge is 0.316 e. The van der Waals surface area contributed by atoms with Crippen molar-refractivity contribution < 1.29 is 19.1 Å². The van der Waals surface area contributed by atoms with Crippen molar-refractivity contribution in [1.29, 1.82) is 0 Å². The first-order valence-electron chi connectivity index (χ1n) is 7.96. The van der Waals surface area contributed by atoms with Crippen molar-refractivity contribution in [2.24, 2.45) is 0 Å². The molecule has 0 amide bonds. The quantitative estimate of drug-likeness (QED) is 0.366. The third kappa shape index (κ3) is 3.21. The summed E-state index contributed by atoms with van der Waals surface area (Å²) in [5.74, 6) is 0.657. The number of rotatable bonds is 4. The highest BCUT2D eigenvalue weighted by atomic mass is 32.1. The summed E-state index contributed by atoms with van der Waals surface area (Å²) in [4.78, 5) is 26.6. The van der Waals surface area contributed by atoms with Gasteiger partial charge in [-0.15, -0.1) is 22.7 Å². The second-order valence-electron chi connectivity index (χ2n) is 5.75. The Morgan fingerprint density at radius 1 is 1.15 bits per heavy atom. The Balaban J connectivity index is 1.57. The number of ether oxygens (including phenoxy) is 2. The summed E-state index contributed by atoms with van der Waals surface area (Å²) in [6.07, 6.45) is 1.95. The van der Waals surface area contributed by atoms with Gasteiger partial charge in [0.25, 0.3) is 0 Å². The fourth-order valence-electron chi connectivity index (χ4n) is 2.70. The van der Waals surface area contributed by atoms with Gasteiger partial charge in [0.1, 0.15) is 11.5 Å². The maximum atomic E-state index is 12.5. The number of ketones is 1. The number of carbonyl (C=O) groups is 2. The molecule has 26 heavy (non-hydrogen) atoms. The van der Waals surface area contributed by atoms with Gasteiger partial charge in [0.2, 0.25) is 5.78 Å². The van der Waals surface area contributed by atoms with Crippen LogP contribution in [0.4, 0.5) is 0 Å². The zero-order valence-electron chi connectivity index (χ0n) is 13.9. The van der Waals surface area contributed by atoms with Crippen molar-refractivity contribution in [1.82, 2.24) is 0 Å². The molecule has 0 aliphatic carbocycles. The van der Waals surface area contributed by atoms with Crippen LogP contribution in [0, 0.1) is 6.92 Å². The maximum absolute atomic E-state index is 12.5. The number of fused-ring (bicyclic) bond motifs is 1. The maximum Gasteiger partial charge on any atom is 0.316 e. The molecule has 0 atom stereocenters. The van der Waals surface area contributed by atoms with E-state index in [1.165, 1.54) is 22.7 Å². The fraction of sp³-hybridized carbons (Fsp3) is 0.100. The van der Waals surface area contributed by atoms with Gasteiger partial charge in [0.05, 0.1) is 12.0 Å². The van der Waals surface area contributed by atoms with E-state index < -0.39 is 0 Å². The zero-order chi connectivity index (χ0) is 18.1. The molecule has 4 nitrogen and oxygen atoms in total. The number of allylic oxidation sites excluding steroid dienone is 1. The van der Waals surface area contributed by atoms with E-state index in [1.54, 1.807) is 25.1 Å². The Kier molecular flexibility index (Phi) is 4.44. The van der Waals surface area contributed by atoms with Crippen LogP contribution < -0.4 is 9.47 Å². The van der Waals surface area contributed by atoms with Gasteiger partial charge in [-0.05, 0) is 41.9 Å². The number of esters is 1. The van der Waals surface area contributed by atoms with Gasteiger partial charge in [0, 0.05) is 21.4 Å². The third-order valence-electron chi connectivity index (χ3n) is 3.98. The second kappa shape index (κ2) is 6.90. The van der Waals surface area contributed by atoms with Gasteiger partial charge in [-0.3, -0.25) is 9.59 Å². The largest absolute Gasteiger partial charge is 0.452 e. The van der Waals surface area contributed by atoms with Gasteiger partial charge in [-0.25, -0.2) is 0 Å². The molecule has 1 aliphatic rings. The number of Topliss-reactive ketones (excluding diaryl/α,β-unsaturated/α-hetero) is 1. The minimum absolute atomic E-state index is 0.159. The minimum Gasteiger partial charge on any atom is -0.452 e. The lowest BCUT2D eigenvalue weighted by atomic mass is 10.1. The molecule has 0 bridgehead atoms. The van der Waals surface area contributed by atoms with E-state index in [0.29, 0.717) is 22.6 Å². The summed E-state index contributed by atoms with van der Waals surface area (Å²) in [7, 11) is 0. The molecular weight excluding hydrogens is 368 g/mol. The molecule has 130 valence electrons. The van der Waals surface area contributed by atoms with E-state index in [1.807, 2.05) is 35.0 Å². The molecule has 0 unspecified atom stereocenters. The van der Waals surface area contributed by atoms with Crippen molar-refractivity contribution in [2.45, 2.75) is 13.3 Å². The normalized spacial score (nSPS) is 14.3. The van der Waals surface area contributed by atoms with Gasteiger partial charge in [-0.1, -0.05) is 12.1 Å². The molecule has 0 radical (unpaired) electrons. The molecule has 0 saturated heterocycles. The Bertz CT molecular complexity index is 999. The average molecular weight is 382 g/mol. The van der Waals surface area contributed by atoms with Crippen molar-refractivity contribution in [3.05, 3.63) is 73.8 Å². The summed E-state index contributed by atoms with van der Waals surface area (Å²) in [5.41, 5.74) is 1.13. The molecule has 0 spiro atoms. The van der Waals surface area contributed by atoms with Crippen molar-refractivity contribution in [3.8, 4) is 11.5 Å². The van der Waals surface area contributed by atoms with Gasteiger partial charge in [-0.2, -0.15) is 0 Å². The van der Waals surface area contributed by atoms with Crippen LogP contribution in [0.1, 0.15) is 25.7 Å². The monoisotopic (exact) mass is 382 g/mol. The van der Waals surface area contributed by atoms with Crippen LogP contribution in [0.3, 0.4) is 0 Å². The molecular formula is C20H14O4S2. The Morgan fingerprint density at radius 3 is 2.69 bits per heavy atom. The van der Waals surface area contributed by atoms with Crippen LogP contribution in [0.25, 0.3) is 6.08 Å².